The Balaban J connectivity index is 2.92. The maximum atomic E-state index is 11.5. The molecule has 0 aromatic heterocycles. The van der Waals surface area contributed by atoms with Crippen molar-refractivity contribution in [3.8, 4) is 11.5 Å². The number of methoxy groups -OCH3 is 1. The SMILES string of the molecule is CCCCCOc1c(OC)cc(/C=N/NC(=O)CCCC)cc1[N+](=O)[O-]. The van der Waals surface area contributed by atoms with Crippen molar-refractivity contribution in [3.63, 3.8) is 0 Å². The van der Waals surface area contributed by atoms with E-state index in [1.165, 1.54) is 19.4 Å². The minimum absolute atomic E-state index is 0.109. The van der Waals surface area contributed by atoms with Gasteiger partial charge in [0.25, 0.3) is 0 Å². The van der Waals surface area contributed by atoms with Gasteiger partial charge in [-0.05, 0) is 18.9 Å². The summed E-state index contributed by atoms with van der Waals surface area (Å²) in [6.45, 7) is 4.44. The van der Waals surface area contributed by atoms with E-state index >= 15 is 0 Å². The summed E-state index contributed by atoms with van der Waals surface area (Å²) in [5, 5.41) is 15.2. The van der Waals surface area contributed by atoms with Crippen molar-refractivity contribution in [2.75, 3.05) is 13.7 Å². The molecule has 0 fully saturated rings. The van der Waals surface area contributed by atoms with E-state index in [0.29, 0.717) is 18.6 Å². The number of hydrogen-bond donors (Lipinski definition) is 1. The molecule has 0 aliphatic carbocycles. The zero-order valence-corrected chi connectivity index (χ0v) is 15.6. The minimum atomic E-state index is -0.519. The van der Waals surface area contributed by atoms with Crippen LogP contribution in [0.1, 0.15) is 57.9 Å². The summed E-state index contributed by atoms with van der Waals surface area (Å²) in [4.78, 5) is 22.4. The Kier molecular flexibility index (Phi) is 9.74. The number of carbonyl (C=O) groups is 1. The normalized spacial score (nSPS) is 10.7. The van der Waals surface area contributed by atoms with E-state index in [4.69, 9.17) is 9.47 Å². The van der Waals surface area contributed by atoms with Gasteiger partial charge in [-0.15, -0.1) is 0 Å². The Hall–Kier alpha value is -2.64. The van der Waals surface area contributed by atoms with Crippen LogP contribution in [0.3, 0.4) is 0 Å². The molecule has 144 valence electrons. The molecule has 1 aromatic carbocycles. The highest BCUT2D eigenvalue weighted by molar-refractivity contribution is 5.85. The van der Waals surface area contributed by atoms with Gasteiger partial charge in [0.15, 0.2) is 5.75 Å². The van der Waals surface area contributed by atoms with Crippen LogP contribution in [-0.2, 0) is 4.79 Å². The lowest BCUT2D eigenvalue weighted by Crippen LogP contribution is -2.16. The highest BCUT2D eigenvalue weighted by atomic mass is 16.6. The highest BCUT2D eigenvalue weighted by Gasteiger charge is 2.22. The summed E-state index contributed by atoms with van der Waals surface area (Å²) in [5.74, 6) is 0.174. The third-order valence-corrected chi connectivity index (χ3v) is 3.63. The monoisotopic (exact) mass is 365 g/mol. The van der Waals surface area contributed by atoms with Gasteiger partial charge in [0.2, 0.25) is 11.7 Å². The van der Waals surface area contributed by atoms with Gasteiger partial charge in [-0.3, -0.25) is 14.9 Å². The number of hydrazone groups is 1. The number of amides is 1. The number of unbranched alkanes of at least 4 members (excludes halogenated alkanes) is 3. The van der Waals surface area contributed by atoms with Crippen LogP contribution < -0.4 is 14.9 Å². The van der Waals surface area contributed by atoms with Crippen LogP contribution >= 0.6 is 0 Å². The second-order valence-corrected chi connectivity index (χ2v) is 5.78. The highest BCUT2D eigenvalue weighted by Crippen LogP contribution is 2.38. The standard InChI is InChI=1S/C18H27N3O5/c1-4-6-8-10-26-18-15(21(23)24)11-14(12-16(18)25-3)13-19-20-17(22)9-7-5-2/h11-13H,4-10H2,1-3H3,(H,20,22)/b19-13+. The van der Waals surface area contributed by atoms with Gasteiger partial charge >= 0.3 is 5.69 Å². The van der Waals surface area contributed by atoms with Crippen LogP contribution in [0.2, 0.25) is 0 Å². The molecule has 8 nitrogen and oxygen atoms in total. The van der Waals surface area contributed by atoms with E-state index in [2.05, 4.69) is 17.5 Å². The first-order valence-electron chi connectivity index (χ1n) is 8.84. The Labute approximate surface area is 153 Å². The zero-order chi connectivity index (χ0) is 19.4. The Bertz CT molecular complexity index is 631. The van der Waals surface area contributed by atoms with Crippen molar-refractivity contribution in [3.05, 3.63) is 27.8 Å². The Morgan fingerprint density at radius 3 is 2.62 bits per heavy atom. The number of carbonyl (C=O) groups excluding carboxylic acids is 1. The maximum absolute atomic E-state index is 11.5. The summed E-state index contributed by atoms with van der Waals surface area (Å²) in [5.41, 5.74) is 2.64. The molecule has 1 aromatic rings. The topological polar surface area (TPSA) is 103 Å². The number of hydrogen-bond acceptors (Lipinski definition) is 6. The minimum Gasteiger partial charge on any atom is -0.493 e. The van der Waals surface area contributed by atoms with E-state index in [1.54, 1.807) is 6.07 Å². The third-order valence-electron chi connectivity index (χ3n) is 3.63. The van der Waals surface area contributed by atoms with Crippen LogP contribution in [-0.4, -0.2) is 30.8 Å². The lowest BCUT2D eigenvalue weighted by atomic mass is 10.2. The molecule has 0 unspecified atom stereocenters. The second kappa shape index (κ2) is 11.8. The fraction of sp³-hybridized carbons (Fsp3) is 0.556. The molecule has 1 amide bonds. The summed E-state index contributed by atoms with van der Waals surface area (Å²) in [7, 11) is 1.42. The largest absolute Gasteiger partial charge is 0.493 e. The molecule has 0 atom stereocenters. The molecule has 8 heteroatoms. The number of benzene rings is 1. The average Bonchev–Trinajstić information content (AvgIpc) is 2.63. The molecule has 0 aliphatic rings. The quantitative estimate of drug-likeness (QED) is 0.262. The number of nitro benzene ring substituents is 1. The summed E-state index contributed by atoms with van der Waals surface area (Å²) >= 11 is 0. The summed E-state index contributed by atoms with van der Waals surface area (Å²) in [6, 6.07) is 2.93. The molecular formula is C18H27N3O5. The fourth-order valence-electron chi connectivity index (χ4n) is 2.21. The fourth-order valence-corrected chi connectivity index (χ4v) is 2.21. The predicted molar refractivity (Wildman–Crippen MR) is 99.9 cm³/mol. The second-order valence-electron chi connectivity index (χ2n) is 5.78. The number of nitro groups is 1. The molecule has 0 bridgehead atoms. The molecular weight excluding hydrogens is 338 g/mol. The summed E-state index contributed by atoms with van der Waals surface area (Å²) < 4.78 is 10.8. The number of rotatable bonds is 12. The van der Waals surface area contributed by atoms with Gasteiger partial charge in [-0.2, -0.15) is 5.10 Å². The number of ether oxygens (including phenoxy) is 2. The van der Waals surface area contributed by atoms with Crippen molar-refractivity contribution in [2.45, 2.75) is 52.4 Å². The van der Waals surface area contributed by atoms with E-state index in [1.807, 2.05) is 6.92 Å². The van der Waals surface area contributed by atoms with Crippen LogP contribution in [0.5, 0.6) is 11.5 Å². The van der Waals surface area contributed by atoms with E-state index in [9.17, 15) is 14.9 Å². The van der Waals surface area contributed by atoms with E-state index in [0.717, 1.165) is 32.1 Å². The first-order chi connectivity index (χ1) is 12.5. The lowest BCUT2D eigenvalue weighted by molar-refractivity contribution is -0.386. The van der Waals surface area contributed by atoms with Crippen LogP contribution in [0, 0.1) is 10.1 Å². The first-order valence-corrected chi connectivity index (χ1v) is 8.84. The van der Waals surface area contributed by atoms with Gasteiger partial charge < -0.3 is 9.47 Å². The lowest BCUT2D eigenvalue weighted by Gasteiger charge is -2.11. The predicted octanol–water partition coefficient (Wildman–Crippen LogP) is 3.81. The smallest absolute Gasteiger partial charge is 0.315 e. The molecule has 1 rings (SSSR count). The molecule has 0 aliphatic heterocycles. The molecule has 26 heavy (non-hydrogen) atoms. The first kappa shape index (κ1) is 21.4. The Morgan fingerprint density at radius 2 is 2.00 bits per heavy atom. The van der Waals surface area contributed by atoms with Crippen molar-refractivity contribution in [1.82, 2.24) is 5.43 Å². The third kappa shape index (κ3) is 7.08. The van der Waals surface area contributed by atoms with Gasteiger partial charge in [-0.1, -0.05) is 33.1 Å². The van der Waals surface area contributed by atoms with E-state index in [-0.39, 0.29) is 23.1 Å². The van der Waals surface area contributed by atoms with Gasteiger partial charge in [-0.25, -0.2) is 5.43 Å². The molecule has 0 saturated carbocycles. The van der Waals surface area contributed by atoms with Crippen LogP contribution in [0.4, 0.5) is 5.69 Å². The van der Waals surface area contributed by atoms with Crippen molar-refractivity contribution < 1.29 is 19.2 Å². The van der Waals surface area contributed by atoms with Crippen molar-refractivity contribution in [1.29, 1.82) is 0 Å². The number of nitrogens with zero attached hydrogens (tertiary/aromatic N) is 2. The van der Waals surface area contributed by atoms with Gasteiger partial charge in [0.05, 0.1) is 24.9 Å². The van der Waals surface area contributed by atoms with Gasteiger partial charge in [0.1, 0.15) is 0 Å². The molecule has 0 saturated heterocycles. The zero-order valence-electron chi connectivity index (χ0n) is 15.6. The molecule has 0 radical (unpaired) electrons. The van der Waals surface area contributed by atoms with Crippen LogP contribution in [0.25, 0.3) is 0 Å². The van der Waals surface area contributed by atoms with Crippen molar-refractivity contribution >= 4 is 17.8 Å². The molecule has 0 spiro atoms. The summed E-state index contributed by atoms with van der Waals surface area (Å²) in [6.07, 6.45) is 6.26. The molecule has 0 heterocycles. The van der Waals surface area contributed by atoms with Crippen molar-refractivity contribution in [2.24, 2.45) is 5.10 Å². The maximum Gasteiger partial charge on any atom is 0.315 e. The molecule has 1 N–H and O–H groups in total. The Morgan fingerprint density at radius 1 is 1.27 bits per heavy atom. The van der Waals surface area contributed by atoms with Crippen LogP contribution in [0.15, 0.2) is 17.2 Å². The average molecular weight is 365 g/mol. The van der Waals surface area contributed by atoms with Gasteiger partial charge in [0, 0.05) is 18.1 Å². The number of nitrogens with one attached hydrogen (secondary N) is 1. The van der Waals surface area contributed by atoms with E-state index < -0.39 is 4.92 Å².